The van der Waals surface area contributed by atoms with Crippen molar-refractivity contribution in [3.8, 4) is 0 Å². The van der Waals surface area contributed by atoms with E-state index in [-0.39, 0.29) is 11.5 Å². The summed E-state index contributed by atoms with van der Waals surface area (Å²) in [6.45, 7) is 0. The Labute approximate surface area is 126 Å². The normalized spacial score (nSPS) is 10.7. The van der Waals surface area contributed by atoms with Crippen molar-refractivity contribution >= 4 is 21.9 Å². The fraction of sp³-hybridized carbons (Fsp3) is 0.333. The molecule has 0 amide bonds. The molecule has 0 fully saturated rings. The Morgan fingerprint density at radius 1 is 1.15 bits per heavy atom. The lowest BCUT2D eigenvalue weighted by Gasteiger charge is -2.06. The maximum atomic E-state index is 11.9. The van der Waals surface area contributed by atoms with Gasteiger partial charge in [0, 0.05) is 10.9 Å². The summed E-state index contributed by atoms with van der Waals surface area (Å²) >= 11 is 3.35. The minimum absolute atomic E-state index is 0.119. The first kappa shape index (κ1) is 14.8. The molecule has 106 valence electrons. The number of benzene rings is 1. The van der Waals surface area contributed by atoms with Crippen molar-refractivity contribution in [1.29, 1.82) is 0 Å². The molecule has 0 bridgehead atoms. The fourth-order valence-electron chi connectivity index (χ4n) is 2.21. The molecular formula is C15H18BrN3O. The summed E-state index contributed by atoms with van der Waals surface area (Å²) < 4.78 is 0. The Bertz CT molecular complexity index is 610. The molecule has 0 unspecified atom stereocenters. The number of aromatic amines is 1. The SMILES string of the molecule is Nc1nc(CBr)c(CCCCc2ccccc2)c(=O)[nH]1. The number of H-pyrrole nitrogens is 1. The number of nitrogens with one attached hydrogen (secondary N) is 1. The zero-order valence-electron chi connectivity index (χ0n) is 11.2. The van der Waals surface area contributed by atoms with Crippen molar-refractivity contribution in [1.82, 2.24) is 9.97 Å². The van der Waals surface area contributed by atoms with Crippen LogP contribution in [-0.4, -0.2) is 9.97 Å². The lowest BCUT2D eigenvalue weighted by molar-refractivity contribution is 0.722. The number of rotatable bonds is 6. The third-order valence-corrected chi connectivity index (χ3v) is 3.76. The van der Waals surface area contributed by atoms with E-state index < -0.39 is 0 Å². The molecule has 2 rings (SSSR count). The molecule has 0 saturated carbocycles. The molecular weight excluding hydrogens is 318 g/mol. The smallest absolute Gasteiger partial charge is 0.255 e. The minimum atomic E-state index is -0.119. The third-order valence-electron chi connectivity index (χ3n) is 3.23. The van der Waals surface area contributed by atoms with E-state index in [0.717, 1.165) is 36.9 Å². The Morgan fingerprint density at radius 2 is 1.85 bits per heavy atom. The number of alkyl halides is 1. The number of hydrogen-bond acceptors (Lipinski definition) is 3. The number of nitrogens with zero attached hydrogens (tertiary/aromatic N) is 1. The summed E-state index contributed by atoms with van der Waals surface area (Å²) in [6, 6.07) is 10.4. The van der Waals surface area contributed by atoms with E-state index in [4.69, 9.17) is 5.73 Å². The Balaban J connectivity index is 1.93. The van der Waals surface area contributed by atoms with E-state index in [2.05, 4.69) is 38.0 Å². The molecule has 1 aromatic carbocycles. The first-order chi connectivity index (χ1) is 9.70. The summed E-state index contributed by atoms with van der Waals surface area (Å²) in [5.74, 6) is 0.178. The highest BCUT2D eigenvalue weighted by atomic mass is 79.9. The number of aryl methyl sites for hydroxylation is 1. The molecule has 0 aliphatic rings. The van der Waals surface area contributed by atoms with Crippen molar-refractivity contribution in [2.75, 3.05) is 5.73 Å². The van der Waals surface area contributed by atoms with E-state index in [1.54, 1.807) is 0 Å². The number of nitrogen functional groups attached to an aromatic ring is 1. The van der Waals surface area contributed by atoms with Crippen LogP contribution in [0, 0.1) is 0 Å². The molecule has 0 saturated heterocycles. The summed E-state index contributed by atoms with van der Waals surface area (Å²) in [5.41, 5.74) is 8.24. The van der Waals surface area contributed by atoms with E-state index in [1.165, 1.54) is 5.56 Å². The first-order valence-corrected chi connectivity index (χ1v) is 7.80. The van der Waals surface area contributed by atoms with Crippen molar-refractivity contribution in [2.45, 2.75) is 31.0 Å². The van der Waals surface area contributed by atoms with Crippen LogP contribution >= 0.6 is 15.9 Å². The van der Waals surface area contributed by atoms with E-state index >= 15 is 0 Å². The fourth-order valence-corrected chi connectivity index (χ4v) is 2.67. The number of anilines is 1. The molecule has 1 aromatic heterocycles. The van der Waals surface area contributed by atoms with Crippen LogP contribution in [-0.2, 0) is 18.2 Å². The molecule has 4 nitrogen and oxygen atoms in total. The number of nitrogens with two attached hydrogens (primary N) is 1. The minimum Gasteiger partial charge on any atom is -0.369 e. The maximum absolute atomic E-state index is 11.9. The summed E-state index contributed by atoms with van der Waals surface area (Å²) in [5, 5.41) is 0.551. The predicted octanol–water partition coefficient (Wildman–Crippen LogP) is 2.81. The van der Waals surface area contributed by atoms with Gasteiger partial charge in [0.15, 0.2) is 0 Å². The lowest BCUT2D eigenvalue weighted by Crippen LogP contribution is -2.19. The van der Waals surface area contributed by atoms with Crippen LogP contribution in [0.15, 0.2) is 35.1 Å². The highest BCUT2D eigenvalue weighted by Crippen LogP contribution is 2.12. The van der Waals surface area contributed by atoms with E-state index in [9.17, 15) is 4.79 Å². The van der Waals surface area contributed by atoms with Gasteiger partial charge in [-0.15, -0.1) is 0 Å². The molecule has 0 atom stereocenters. The molecule has 5 heteroatoms. The number of unbranched alkanes of at least 4 members (excludes halogenated alkanes) is 1. The highest BCUT2D eigenvalue weighted by molar-refractivity contribution is 9.08. The van der Waals surface area contributed by atoms with Gasteiger partial charge in [0.2, 0.25) is 5.95 Å². The van der Waals surface area contributed by atoms with Crippen LogP contribution in [0.3, 0.4) is 0 Å². The second-order valence-electron chi connectivity index (χ2n) is 4.70. The van der Waals surface area contributed by atoms with Gasteiger partial charge in [-0.2, -0.15) is 0 Å². The number of hydrogen-bond donors (Lipinski definition) is 2. The number of aromatic nitrogens is 2. The molecule has 0 radical (unpaired) electrons. The molecule has 3 N–H and O–H groups in total. The van der Waals surface area contributed by atoms with Gasteiger partial charge in [0.1, 0.15) is 0 Å². The maximum Gasteiger partial charge on any atom is 0.255 e. The molecule has 0 aliphatic carbocycles. The van der Waals surface area contributed by atoms with Gasteiger partial charge in [-0.3, -0.25) is 9.78 Å². The van der Waals surface area contributed by atoms with Crippen LogP contribution in [0.25, 0.3) is 0 Å². The van der Waals surface area contributed by atoms with Gasteiger partial charge >= 0.3 is 0 Å². The lowest BCUT2D eigenvalue weighted by atomic mass is 10.0. The van der Waals surface area contributed by atoms with Gasteiger partial charge in [0.05, 0.1) is 5.69 Å². The monoisotopic (exact) mass is 335 g/mol. The largest absolute Gasteiger partial charge is 0.369 e. The Morgan fingerprint density at radius 3 is 2.55 bits per heavy atom. The molecule has 2 aromatic rings. The van der Waals surface area contributed by atoms with Crippen LogP contribution in [0.1, 0.15) is 29.7 Å². The summed E-state index contributed by atoms with van der Waals surface area (Å²) in [7, 11) is 0. The average Bonchev–Trinajstić information content (AvgIpc) is 2.45. The second kappa shape index (κ2) is 7.24. The molecule has 0 aliphatic heterocycles. The number of halogens is 1. The predicted molar refractivity (Wildman–Crippen MR) is 85.0 cm³/mol. The zero-order chi connectivity index (χ0) is 14.4. The molecule has 20 heavy (non-hydrogen) atoms. The standard InChI is InChI=1S/C15H18BrN3O/c16-10-13-12(14(20)19-15(17)18-13)9-5-4-8-11-6-2-1-3-7-11/h1-3,6-7H,4-5,8-10H2,(H3,17,18,19,20). The van der Waals surface area contributed by atoms with Crippen molar-refractivity contribution in [3.63, 3.8) is 0 Å². The van der Waals surface area contributed by atoms with Crippen LogP contribution in [0.4, 0.5) is 5.95 Å². The van der Waals surface area contributed by atoms with Gasteiger partial charge in [-0.25, -0.2) is 4.98 Å². The summed E-state index contributed by atoms with van der Waals surface area (Å²) in [6.07, 6.45) is 3.78. The molecule has 1 heterocycles. The van der Waals surface area contributed by atoms with Crippen LogP contribution in [0.2, 0.25) is 0 Å². The second-order valence-corrected chi connectivity index (χ2v) is 5.26. The first-order valence-electron chi connectivity index (χ1n) is 6.68. The topological polar surface area (TPSA) is 71.8 Å². The average molecular weight is 336 g/mol. The van der Waals surface area contributed by atoms with Crippen molar-refractivity contribution < 1.29 is 0 Å². The summed E-state index contributed by atoms with van der Waals surface area (Å²) in [4.78, 5) is 18.6. The highest BCUT2D eigenvalue weighted by Gasteiger charge is 2.09. The van der Waals surface area contributed by atoms with Gasteiger partial charge in [-0.1, -0.05) is 46.3 Å². The van der Waals surface area contributed by atoms with Gasteiger partial charge < -0.3 is 5.73 Å². The zero-order valence-corrected chi connectivity index (χ0v) is 12.8. The van der Waals surface area contributed by atoms with E-state index in [0.29, 0.717) is 5.33 Å². The van der Waals surface area contributed by atoms with Crippen LogP contribution in [0.5, 0.6) is 0 Å². The van der Waals surface area contributed by atoms with Crippen molar-refractivity contribution in [3.05, 3.63) is 57.5 Å². The quantitative estimate of drug-likeness (QED) is 0.629. The van der Waals surface area contributed by atoms with Gasteiger partial charge in [-0.05, 0) is 31.2 Å². The van der Waals surface area contributed by atoms with Crippen LogP contribution < -0.4 is 11.3 Å². The molecule has 0 spiro atoms. The Kier molecular flexibility index (Phi) is 5.35. The van der Waals surface area contributed by atoms with E-state index in [1.807, 2.05) is 18.2 Å². The van der Waals surface area contributed by atoms with Crippen molar-refractivity contribution in [2.24, 2.45) is 0 Å². The Hall–Kier alpha value is -1.62. The third kappa shape index (κ3) is 3.93. The van der Waals surface area contributed by atoms with Gasteiger partial charge in [0.25, 0.3) is 5.56 Å².